The molecule has 0 unspecified atom stereocenters. The minimum Gasteiger partial charge on any atom is -0.339 e. The van der Waals surface area contributed by atoms with Crippen molar-refractivity contribution in [3.05, 3.63) is 40.4 Å². The van der Waals surface area contributed by atoms with Crippen molar-refractivity contribution in [2.45, 2.75) is 6.92 Å². The molecular formula is C19H22ClN5O3S. The van der Waals surface area contributed by atoms with Crippen LogP contribution in [0.4, 0.5) is 10.8 Å². The summed E-state index contributed by atoms with van der Waals surface area (Å²) in [4.78, 5) is 45.5. The van der Waals surface area contributed by atoms with Crippen LogP contribution in [0.3, 0.4) is 0 Å². The largest absolute Gasteiger partial charge is 0.339 e. The van der Waals surface area contributed by atoms with E-state index in [9.17, 15) is 14.4 Å². The second kappa shape index (κ2) is 9.23. The smallest absolute Gasteiger partial charge is 0.273 e. The van der Waals surface area contributed by atoms with Crippen LogP contribution in [-0.4, -0.2) is 77.2 Å². The highest BCUT2D eigenvalue weighted by molar-refractivity contribution is 7.14. The molecule has 1 aromatic heterocycles. The molecule has 1 N–H and O–H groups in total. The SMILES string of the molecule is CC(=O)N1CCN(C(=O)CN(C)C(=O)c2csc(Nc3ccccc3Cl)n2)CC1. The number of nitrogens with one attached hydrogen (secondary N) is 1. The van der Waals surface area contributed by atoms with E-state index < -0.39 is 0 Å². The Morgan fingerprint density at radius 3 is 2.48 bits per heavy atom. The third-order valence-electron chi connectivity index (χ3n) is 4.64. The number of carbonyl (C=O) groups is 3. The highest BCUT2D eigenvalue weighted by Crippen LogP contribution is 2.27. The van der Waals surface area contributed by atoms with E-state index >= 15 is 0 Å². The van der Waals surface area contributed by atoms with E-state index in [1.165, 1.54) is 23.2 Å². The molecule has 8 nitrogen and oxygen atoms in total. The van der Waals surface area contributed by atoms with Gasteiger partial charge in [-0.3, -0.25) is 14.4 Å². The van der Waals surface area contributed by atoms with Crippen molar-refractivity contribution >= 4 is 51.5 Å². The quantitative estimate of drug-likeness (QED) is 0.778. The first kappa shape index (κ1) is 21.1. The lowest BCUT2D eigenvalue weighted by Crippen LogP contribution is -2.52. The average molecular weight is 436 g/mol. The molecule has 29 heavy (non-hydrogen) atoms. The molecule has 1 aromatic carbocycles. The van der Waals surface area contributed by atoms with Crippen molar-refractivity contribution in [3.63, 3.8) is 0 Å². The number of hydrogen-bond donors (Lipinski definition) is 1. The number of benzene rings is 1. The fourth-order valence-corrected chi connectivity index (χ4v) is 3.83. The van der Waals surface area contributed by atoms with Gasteiger partial charge in [-0.15, -0.1) is 11.3 Å². The van der Waals surface area contributed by atoms with Gasteiger partial charge in [-0.1, -0.05) is 23.7 Å². The van der Waals surface area contributed by atoms with E-state index in [1.54, 1.807) is 28.3 Å². The average Bonchev–Trinajstić information content (AvgIpc) is 3.17. The zero-order valence-electron chi connectivity index (χ0n) is 16.2. The van der Waals surface area contributed by atoms with Gasteiger partial charge in [0.15, 0.2) is 5.13 Å². The van der Waals surface area contributed by atoms with Crippen molar-refractivity contribution in [2.24, 2.45) is 0 Å². The Labute approximate surface area is 178 Å². The molecule has 2 heterocycles. The van der Waals surface area contributed by atoms with Crippen LogP contribution in [-0.2, 0) is 9.59 Å². The van der Waals surface area contributed by atoms with Crippen LogP contribution in [0.2, 0.25) is 5.02 Å². The summed E-state index contributed by atoms with van der Waals surface area (Å²) < 4.78 is 0. The number of likely N-dealkylation sites (N-methyl/N-ethyl adjacent to an activating group) is 1. The third-order valence-corrected chi connectivity index (χ3v) is 5.72. The Bertz CT molecular complexity index is 911. The molecule has 1 aliphatic rings. The molecule has 1 fully saturated rings. The van der Waals surface area contributed by atoms with E-state index in [4.69, 9.17) is 11.6 Å². The predicted octanol–water partition coefficient (Wildman–Crippen LogP) is 2.30. The van der Waals surface area contributed by atoms with E-state index in [1.807, 2.05) is 18.2 Å². The predicted molar refractivity (Wildman–Crippen MR) is 113 cm³/mol. The molecule has 2 aromatic rings. The van der Waals surface area contributed by atoms with E-state index in [0.29, 0.717) is 42.0 Å². The summed E-state index contributed by atoms with van der Waals surface area (Å²) in [5, 5.41) is 5.84. The first-order chi connectivity index (χ1) is 13.8. The lowest BCUT2D eigenvalue weighted by atomic mass is 10.3. The molecule has 1 saturated heterocycles. The van der Waals surface area contributed by atoms with Crippen LogP contribution >= 0.6 is 22.9 Å². The summed E-state index contributed by atoms with van der Waals surface area (Å²) >= 11 is 7.41. The van der Waals surface area contributed by atoms with Gasteiger partial charge >= 0.3 is 0 Å². The summed E-state index contributed by atoms with van der Waals surface area (Å²) in [5.74, 6) is -0.466. The number of aromatic nitrogens is 1. The van der Waals surface area contributed by atoms with Gasteiger partial charge in [0.2, 0.25) is 11.8 Å². The second-order valence-corrected chi connectivity index (χ2v) is 7.96. The molecule has 0 spiro atoms. The van der Waals surface area contributed by atoms with Crippen molar-refractivity contribution in [1.82, 2.24) is 19.7 Å². The number of hydrogen-bond acceptors (Lipinski definition) is 6. The number of piperazine rings is 1. The summed E-state index contributed by atoms with van der Waals surface area (Å²) in [5.41, 5.74) is 0.969. The second-order valence-electron chi connectivity index (χ2n) is 6.69. The summed E-state index contributed by atoms with van der Waals surface area (Å²) in [7, 11) is 1.58. The number of amides is 3. The van der Waals surface area contributed by atoms with Gasteiger partial charge in [0.1, 0.15) is 5.69 Å². The summed E-state index contributed by atoms with van der Waals surface area (Å²) in [6.45, 7) is 3.46. The van der Waals surface area contributed by atoms with Crippen LogP contribution in [0.25, 0.3) is 0 Å². The van der Waals surface area contributed by atoms with Crippen molar-refractivity contribution in [1.29, 1.82) is 0 Å². The standard InChI is InChI=1S/C19H22ClN5O3S/c1-13(26)24-7-9-25(10-8-24)17(27)11-23(2)18(28)16-12-29-19(22-16)21-15-6-4-3-5-14(15)20/h3-6,12H,7-11H2,1-2H3,(H,21,22). The van der Waals surface area contributed by atoms with E-state index in [2.05, 4.69) is 10.3 Å². The first-order valence-electron chi connectivity index (χ1n) is 9.11. The molecule has 0 radical (unpaired) electrons. The number of rotatable bonds is 5. The number of halogens is 1. The highest BCUT2D eigenvalue weighted by atomic mass is 35.5. The van der Waals surface area contributed by atoms with Crippen molar-refractivity contribution < 1.29 is 14.4 Å². The van der Waals surface area contributed by atoms with Gasteiger partial charge in [-0.05, 0) is 12.1 Å². The molecule has 3 rings (SSSR count). The minimum atomic E-state index is -0.329. The minimum absolute atomic E-state index is 0.00845. The van der Waals surface area contributed by atoms with E-state index in [-0.39, 0.29) is 30.0 Å². The number of thiazole rings is 1. The Morgan fingerprint density at radius 1 is 1.17 bits per heavy atom. The van der Waals surface area contributed by atoms with Crippen LogP contribution in [0.15, 0.2) is 29.6 Å². The fourth-order valence-electron chi connectivity index (χ4n) is 2.95. The Balaban J connectivity index is 1.55. The molecular weight excluding hydrogens is 414 g/mol. The molecule has 1 aliphatic heterocycles. The lowest BCUT2D eigenvalue weighted by Gasteiger charge is -2.34. The molecule has 0 atom stereocenters. The molecule has 10 heteroatoms. The highest BCUT2D eigenvalue weighted by Gasteiger charge is 2.25. The van der Waals surface area contributed by atoms with Gasteiger partial charge in [0.25, 0.3) is 5.91 Å². The maximum Gasteiger partial charge on any atom is 0.273 e. The number of nitrogens with zero attached hydrogens (tertiary/aromatic N) is 4. The van der Waals surface area contributed by atoms with Crippen molar-refractivity contribution in [3.8, 4) is 0 Å². The van der Waals surface area contributed by atoms with Gasteiger partial charge < -0.3 is 20.0 Å². The zero-order valence-corrected chi connectivity index (χ0v) is 17.8. The molecule has 0 saturated carbocycles. The van der Waals surface area contributed by atoms with Gasteiger partial charge in [-0.2, -0.15) is 0 Å². The van der Waals surface area contributed by atoms with Gasteiger partial charge in [0, 0.05) is 45.5 Å². The molecule has 3 amide bonds. The zero-order chi connectivity index (χ0) is 21.0. The molecule has 0 bridgehead atoms. The van der Waals surface area contributed by atoms with Crippen LogP contribution in [0.1, 0.15) is 17.4 Å². The van der Waals surface area contributed by atoms with Crippen LogP contribution in [0, 0.1) is 0 Å². The van der Waals surface area contributed by atoms with Crippen molar-refractivity contribution in [2.75, 3.05) is 45.1 Å². The Morgan fingerprint density at radius 2 is 1.83 bits per heavy atom. The third kappa shape index (κ3) is 5.24. The Hall–Kier alpha value is -2.65. The topological polar surface area (TPSA) is 85.9 Å². The number of anilines is 2. The summed E-state index contributed by atoms with van der Waals surface area (Å²) in [6.07, 6.45) is 0. The Kier molecular flexibility index (Phi) is 6.71. The lowest BCUT2D eigenvalue weighted by molar-refractivity contribution is -0.138. The number of para-hydroxylation sites is 1. The maximum absolute atomic E-state index is 12.6. The number of carbonyl (C=O) groups excluding carboxylic acids is 3. The fraction of sp³-hybridized carbons (Fsp3) is 0.368. The van der Waals surface area contributed by atoms with Gasteiger partial charge in [0.05, 0.1) is 17.3 Å². The monoisotopic (exact) mass is 435 g/mol. The molecule has 154 valence electrons. The van der Waals surface area contributed by atoms with Crippen LogP contribution < -0.4 is 5.32 Å². The normalized spacial score (nSPS) is 13.9. The molecule has 0 aliphatic carbocycles. The van der Waals surface area contributed by atoms with Gasteiger partial charge in [-0.25, -0.2) is 4.98 Å². The summed E-state index contributed by atoms with van der Waals surface area (Å²) in [6, 6.07) is 7.26. The van der Waals surface area contributed by atoms with E-state index in [0.717, 1.165) is 0 Å². The maximum atomic E-state index is 12.6. The van der Waals surface area contributed by atoms with Crippen LogP contribution in [0.5, 0.6) is 0 Å². The first-order valence-corrected chi connectivity index (χ1v) is 10.4.